The maximum Gasteiger partial charge on any atom is 0.253 e. The van der Waals surface area contributed by atoms with Gasteiger partial charge in [0.25, 0.3) is 5.91 Å². The van der Waals surface area contributed by atoms with Gasteiger partial charge in [-0.25, -0.2) is 13.1 Å². The van der Waals surface area contributed by atoms with Crippen LogP contribution in [-0.4, -0.2) is 50.6 Å². The molecule has 1 unspecified atom stereocenters. The van der Waals surface area contributed by atoms with Gasteiger partial charge in [0.05, 0.1) is 11.0 Å². The predicted octanol–water partition coefficient (Wildman–Crippen LogP) is 1.14. The number of likely N-dealkylation sites (N-methyl/N-ethyl adjacent to an activating group) is 1. The highest BCUT2D eigenvalue weighted by atomic mass is 32.2. The van der Waals surface area contributed by atoms with E-state index in [0.717, 1.165) is 12.8 Å². The lowest BCUT2D eigenvalue weighted by Gasteiger charge is -2.22. The number of nitrogens with one attached hydrogen (secondary N) is 1. The van der Waals surface area contributed by atoms with Crippen molar-refractivity contribution in [2.75, 3.05) is 20.1 Å². The number of aryl methyl sites for hydroxylation is 1. The molecule has 1 aromatic rings. The fourth-order valence-electron chi connectivity index (χ4n) is 2.47. The monoisotopic (exact) mass is 340 g/mol. The Balaban J connectivity index is 2.21. The van der Waals surface area contributed by atoms with Gasteiger partial charge < -0.3 is 10.0 Å². The molecule has 0 saturated heterocycles. The van der Waals surface area contributed by atoms with Gasteiger partial charge in [-0.05, 0) is 43.4 Å². The summed E-state index contributed by atoms with van der Waals surface area (Å²) in [5.41, 5.74) is 1.05. The summed E-state index contributed by atoms with van der Waals surface area (Å²) in [7, 11) is -1.98. The van der Waals surface area contributed by atoms with Crippen molar-refractivity contribution < 1.29 is 18.3 Å². The van der Waals surface area contributed by atoms with E-state index >= 15 is 0 Å². The van der Waals surface area contributed by atoms with Crippen LogP contribution in [0.15, 0.2) is 23.1 Å². The number of nitrogens with zero attached hydrogens (tertiary/aromatic N) is 1. The SMILES string of the molecule is CCNS(=O)(=O)c1ccc(C)c(C(=O)N(C)CC(O)C2CC2)c1. The van der Waals surface area contributed by atoms with Gasteiger partial charge in [-0.1, -0.05) is 13.0 Å². The van der Waals surface area contributed by atoms with E-state index in [0.29, 0.717) is 11.1 Å². The molecule has 1 saturated carbocycles. The van der Waals surface area contributed by atoms with Gasteiger partial charge in [0.15, 0.2) is 0 Å². The minimum atomic E-state index is -3.61. The van der Waals surface area contributed by atoms with E-state index in [2.05, 4.69) is 4.72 Å². The molecule has 0 bridgehead atoms. The fraction of sp³-hybridized carbons (Fsp3) is 0.562. The van der Waals surface area contributed by atoms with E-state index in [1.807, 2.05) is 0 Å². The first-order chi connectivity index (χ1) is 10.8. The summed E-state index contributed by atoms with van der Waals surface area (Å²) in [4.78, 5) is 14.1. The molecule has 0 heterocycles. The number of amides is 1. The van der Waals surface area contributed by atoms with Crippen molar-refractivity contribution in [3.05, 3.63) is 29.3 Å². The second-order valence-electron chi connectivity index (χ2n) is 6.07. The first-order valence-electron chi connectivity index (χ1n) is 7.80. The van der Waals surface area contributed by atoms with E-state index in [1.54, 1.807) is 27.0 Å². The van der Waals surface area contributed by atoms with Crippen LogP contribution in [0.1, 0.15) is 35.7 Å². The molecule has 1 atom stereocenters. The molecule has 1 aliphatic carbocycles. The van der Waals surface area contributed by atoms with Gasteiger partial charge in [0.2, 0.25) is 10.0 Å². The maximum absolute atomic E-state index is 12.6. The van der Waals surface area contributed by atoms with Gasteiger partial charge in [0, 0.05) is 25.7 Å². The first kappa shape index (κ1) is 17.9. The third kappa shape index (κ3) is 4.31. The average Bonchev–Trinajstić information content (AvgIpc) is 3.31. The van der Waals surface area contributed by atoms with Crippen LogP contribution in [0.25, 0.3) is 0 Å². The number of hydrogen-bond acceptors (Lipinski definition) is 4. The third-order valence-corrected chi connectivity index (χ3v) is 5.60. The van der Waals surface area contributed by atoms with Crippen molar-refractivity contribution in [2.45, 2.75) is 37.7 Å². The Hall–Kier alpha value is -1.44. The number of aliphatic hydroxyl groups excluding tert-OH is 1. The Bertz CT molecular complexity index is 683. The molecule has 0 radical (unpaired) electrons. The lowest BCUT2D eigenvalue weighted by Crippen LogP contribution is -2.35. The van der Waals surface area contributed by atoms with Crippen molar-refractivity contribution in [3.63, 3.8) is 0 Å². The van der Waals surface area contributed by atoms with Gasteiger partial charge in [0.1, 0.15) is 0 Å². The average molecular weight is 340 g/mol. The summed E-state index contributed by atoms with van der Waals surface area (Å²) in [6.45, 7) is 4.01. The van der Waals surface area contributed by atoms with Crippen molar-refractivity contribution in [3.8, 4) is 0 Å². The van der Waals surface area contributed by atoms with Crippen molar-refractivity contribution in [1.29, 1.82) is 0 Å². The second kappa shape index (κ2) is 6.98. The van der Waals surface area contributed by atoms with Crippen LogP contribution >= 0.6 is 0 Å². The smallest absolute Gasteiger partial charge is 0.253 e. The van der Waals surface area contributed by atoms with E-state index in [-0.39, 0.29) is 29.8 Å². The van der Waals surface area contributed by atoms with Crippen LogP contribution in [0, 0.1) is 12.8 Å². The Morgan fingerprint density at radius 3 is 2.65 bits per heavy atom. The van der Waals surface area contributed by atoms with E-state index in [9.17, 15) is 18.3 Å². The number of carbonyl (C=O) groups excluding carboxylic acids is 1. The van der Waals surface area contributed by atoms with Gasteiger partial charge in [-0.3, -0.25) is 4.79 Å². The van der Waals surface area contributed by atoms with Crippen molar-refractivity contribution >= 4 is 15.9 Å². The van der Waals surface area contributed by atoms with Crippen LogP contribution in [0.5, 0.6) is 0 Å². The minimum absolute atomic E-state index is 0.0736. The predicted molar refractivity (Wildman–Crippen MR) is 87.7 cm³/mol. The Morgan fingerprint density at radius 1 is 1.43 bits per heavy atom. The molecule has 1 aliphatic rings. The fourth-order valence-corrected chi connectivity index (χ4v) is 3.54. The number of aliphatic hydroxyl groups is 1. The molecule has 2 N–H and O–H groups in total. The zero-order valence-corrected chi connectivity index (χ0v) is 14.6. The molecular formula is C16H24N2O4S. The molecule has 0 spiro atoms. The lowest BCUT2D eigenvalue weighted by atomic mass is 10.1. The molecule has 1 fully saturated rings. The zero-order valence-electron chi connectivity index (χ0n) is 13.7. The van der Waals surface area contributed by atoms with E-state index in [1.165, 1.54) is 17.0 Å². The van der Waals surface area contributed by atoms with Crippen LogP contribution in [0.2, 0.25) is 0 Å². The van der Waals surface area contributed by atoms with Crippen LogP contribution in [0.3, 0.4) is 0 Å². The highest BCUT2D eigenvalue weighted by molar-refractivity contribution is 7.89. The molecule has 0 aromatic heterocycles. The van der Waals surface area contributed by atoms with Gasteiger partial charge >= 0.3 is 0 Å². The van der Waals surface area contributed by atoms with Crippen LogP contribution in [0.4, 0.5) is 0 Å². The third-order valence-electron chi connectivity index (χ3n) is 4.06. The molecular weight excluding hydrogens is 316 g/mol. The highest BCUT2D eigenvalue weighted by Crippen LogP contribution is 2.32. The normalized spacial score (nSPS) is 16.2. The number of benzene rings is 1. The van der Waals surface area contributed by atoms with E-state index in [4.69, 9.17) is 0 Å². The summed E-state index contributed by atoms with van der Waals surface area (Å²) >= 11 is 0. The number of rotatable bonds is 7. The van der Waals surface area contributed by atoms with E-state index < -0.39 is 16.1 Å². The first-order valence-corrected chi connectivity index (χ1v) is 9.28. The van der Waals surface area contributed by atoms with Crippen molar-refractivity contribution in [1.82, 2.24) is 9.62 Å². The molecule has 0 aliphatic heterocycles. The maximum atomic E-state index is 12.6. The molecule has 1 amide bonds. The Labute approximate surface area is 137 Å². The second-order valence-corrected chi connectivity index (χ2v) is 7.84. The van der Waals surface area contributed by atoms with Crippen LogP contribution in [-0.2, 0) is 10.0 Å². The van der Waals surface area contributed by atoms with Crippen molar-refractivity contribution in [2.24, 2.45) is 5.92 Å². The molecule has 23 heavy (non-hydrogen) atoms. The summed E-state index contributed by atoms with van der Waals surface area (Å²) in [5.74, 6) is 0.00237. The standard InChI is InChI=1S/C16H24N2O4S/c1-4-17-23(21,22)13-8-5-11(2)14(9-13)16(20)18(3)10-15(19)12-6-7-12/h5,8-9,12,15,17,19H,4,6-7,10H2,1-3H3. The topological polar surface area (TPSA) is 86.7 Å². The highest BCUT2D eigenvalue weighted by Gasteiger charge is 2.31. The summed E-state index contributed by atoms with van der Waals surface area (Å²) < 4.78 is 26.6. The number of sulfonamides is 1. The Kier molecular flexibility index (Phi) is 5.44. The number of carbonyl (C=O) groups is 1. The molecule has 7 heteroatoms. The molecule has 128 valence electrons. The molecule has 1 aromatic carbocycles. The summed E-state index contributed by atoms with van der Waals surface area (Å²) in [6.07, 6.45) is 1.48. The lowest BCUT2D eigenvalue weighted by molar-refractivity contribution is 0.0644. The molecule has 2 rings (SSSR count). The summed E-state index contributed by atoms with van der Waals surface area (Å²) in [5, 5.41) is 9.98. The minimum Gasteiger partial charge on any atom is -0.391 e. The van der Waals surface area contributed by atoms with Gasteiger partial charge in [-0.15, -0.1) is 0 Å². The summed E-state index contributed by atoms with van der Waals surface area (Å²) in [6, 6.07) is 4.52. The largest absolute Gasteiger partial charge is 0.391 e. The Morgan fingerprint density at radius 2 is 2.09 bits per heavy atom. The number of hydrogen-bond donors (Lipinski definition) is 2. The van der Waals surface area contributed by atoms with Gasteiger partial charge in [-0.2, -0.15) is 0 Å². The molecule has 6 nitrogen and oxygen atoms in total. The quantitative estimate of drug-likeness (QED) is 0.779. The van der Waals surface area contributed by atoms with Crippen LogP contribution < -0.4 is 4.72 Å². The zero-order chi connectivity index (χ0) is 17.2.